The molecule has 1 saturated carbocycles. The highest BCUT2D eigenvalue weighted by molar-refractivity contribution is 5.77. The molecule has 1 amide bonds. The molecule has 18 heavy (non-hydrogen) atoms. The molecule has 0 aromatic carbocycles. The smallest absolute Gasteiger partial charge is 0.220 e. The predicted molar refractivity (Wildman–Crippen MR) is 76.2 cm³/mol. The minimum Gasteiger partial charge on any atom is -0.351 e. The fourth-order valence-corrected chi connectivity index (χ4v) is 3.04. The first-order valence-corrected chi connectivity index (χ1v) is 7.46. The van der Waals surface area contributed by atoms with Crippen molar-refractivity contribution < 1.29 is 4.79 Å². The summed E-state index contributed by atoms with van der Waals surface area (Å²) in [5.74, 6) is 1.13. The van der Waals surface area contributed by atoms with Gasteiger partial charge in [0.2, 0.25) is 5.91 Å². The van der Waals surface area contributed by atoms with Gasteiger partial charge in [-0.1, -0.05) is 33.1 Å². The summed E-state index contributed by atoms with van der Waals surface area (Å²) in [5.41, 5.74) is 5.79. The molecule has 0 aliphatic heterocycles. The first kappa shape index (κ1) is 15.5. The molecule has 0 heterocycles. The molecule has 0 spiro atoms. The Balaban J connectivity index is 2.39. The summed E-state index contributed by atoms with van der Waals surface area (Å²) in [7, 11) is 0. The van der Waals surface area contributed by atoms with Gasteiger partial charge >= 0.3 is 0 Å². The van der Waals surface area contributed by atoms with E-state index in [0.717, 1.165) is 19.3 Å². The number of hydrogen-bond donors (Lipinski definition) is 2. The number of rotatable bonds is 6. The van der Waals surface area contributed by atoms with E-state index in [4.69, 9.17) is 5.73 Å². The molecule has 1 aliphatic carbocycles. The van der Waals surface area contributed by atoms with Crippen LogP contribution in [-0.4, -0.2) is 18.0 Å². The third kappa shape index (κ3) is 5.38. The monoisotopic (exact) mass is 254 g/mol. The minimum atomic E-state index is 0.0340. The van der Waals surface area contributed by atoms with Crippen LogP contribution in [0.1, 0.15) is 65.7 Å². The second-order valence-electron chi connectivity index (χ2n) is 6.60. The Morgan fingerprint density at radius 2 is 1.89 bits per heavy atom. The van der Waals surface area contributed by atoms with Crippen molar-refractivity contribution in [1.82, 2.24) is 5.32 Å². The summed E-state index contributed by atoms with van der Waals surface area (Å²) in [6.07, 6.45) is 7.66. The van der Waals surface area contributed by atoms with Gasteiger partial charge in [0.1, 0.15) is 0 Å². The van der Waals surface area contributed by atoms with Crippen LogP contribution in [0.3, 0.4) is 0 Å². The first-order valence-electron chi connectivity index (χ1n) is 7.46. The lowest BCUT2D eigenvalue weighted by Crippen LogP contribution is -2.47. The molecular weight excluding hydrogens is 224 g/mol. The largest absolute Gasteiger partial charge is 0.351 e. The van der Waals surface area contributed by atoms with Crippen molar-refractivity contribution >= 4 is 5.91 Å². The predicted octanol–water partition coefficient (Wildman–Crippen LogP) is 2.84. The van der Waals surface area contributed by atoms with Crippen molar-refractivity contribution in [3.8, 4) is 0 Å². The number of hydrogen-bond acceptors (Lipinski definition) is 2. The minimum absolute atomic E-state index is 0.0340. The maximum Gasteiger partial charge on any atom is 0.220 e. The van der Waals surface area contributed by atoms with Gasteiger partial charge in [0, 0.05) is 12.0 Å². The van der Waals surface area contributed by atoms with E-state index in [1.165, 1.54) is 19.3 Å². The second kappa shape index (κ2) is 7.13. The van der Waals surface area contributed by atoms with E-state index in [1.807, 2.05) is 0 Å². The maximum atomic E-state index is 12.1. The molecule has 0 radical (unpaired) electrons. The van der Waals surface area contributed by atoms with Crippen molar-refractivity contribution in [3.63, 3.8) is 0 Å². The van der Waals surface area contributed by atoms with Crippen LogP contribution < -0.4 is 11.1 Å². The Labute approximate surface area is 112 Å². The number of carbonyl (C=O) groups excluding carboxylic acids is 1. The van der Waals surface area contributed by atoms with Crippen molar-refractivity contribution in [2.75, 3.05) is 6.54 Å². The van der Waals surface area contributed by atoms with Crippen LogP contribution in [0.2, 0.25) is 0 Å². The summed E-state index contributed by atoms with van der Waals surface area (Å²) in [6.45, 7) is 7.16. The van der Waals surface area contributed by atoms with Crippen LogP contribution in [0.5, 0.6) is 0 Å². The Hall–Kier alpha value is -0.570. The zero-order chi connectivity index (χ0) is 13.6. The van der Waals surface area contributed by atoms with E-state index >= 15 is 0 Å². The van der Waals surface area contributed by atoms with Gasteiger partial charge in [-0.25, -0.2) is 0 Å². The van der Waals surface area contributed by atoms with Crippen LogP contribution >= 0.6 is 0 Å². The van der Waals surface area contributed by atoms with Gasteiger partial charge in [0.15, 0.2) is 0 Å². The fourth-order valence-electron chi connectivity index (χ4n) is 3.04. The third-order valence-corrected chi connectivity index (χ3v) is 4.01. The molecule has 0 saturated heterocycles. The lowest BCUT2D eigenvalue weighted by molar-refractivity contribution is -0.124. The average molecular weight is 254 g/mol. The van der Waals surface area contributed by atoms with Gasteiger partial charge in [0.25, 0.3) is 0 Å². The van der Waals surface area contributed by atoms with E-state index in [0.29, 0.717) is 24.8 Å². The maximum absolute atomic E-state index is 12.1. The zero-order valence-corrected chi connectivity index (χ0v) is 12.3. The second-order valence-corrected chi connectivity index (χ2v) is 6.60. The Morgan fingerprint density at radius 1 is 1.28 bits per heavy atom. The molecule has 0 unspecified atom stereocenters. The Bertz CT molecular complexity index is 257. The van der Waals surface area contributed by atoms with E-state index < -0.39 is 0 Å². The molecule has 1 atom stereocenters. The topological polar surface area (TPSA) is 55.1 Å². The SMILES string of the molecule is CC(C)C[C@H](CN)CC(=O)NC1(C)CCCCC1. The van der Waals surface area contributed by atoms with Gasteiger partial charge in [-0.2, -0.15) is 0 Å². The molecule has 1 rings (SSSR count). The lowest BCUT2D eigenvalue weighted by Gasteiger charge is -2.35. The molecule has 3 nitrogen and oxygen atoms in total. The summed E-state index contributed by atoms with van der Waals surface area (Å²) in [5, 5.41) is 3.24. The van der Waals surface area contributed by atoms with Gasteiger partial charge in [0.05, 0.1) is 0 Å². The highest BCUT2D eigenvalue weighted by Gasteiger charge is 2.28. The van der Waals surface area contributed by atoms with Crippen LogP contribution in [0.4, 0.5) is 0 Å². The van der Waals surface area contributed by atoms with Gasteiger partial charge in [-0.3, -0.25) is 4.79 Å². The average Bonchev–Trinajstić information content (AvgIpc) is 2.27. The number of amides is 1. The van der Waals surface area contributed by atoms with E-state index in [2.05, 4.69) is 26.1 Å². The molecule has 3 N–H and O–H groups in total. The van der Waals surface area contributed by atoms with Crippen LogP contribution in [0.25, 0.3) is 0 Å². The molecule has 0 aromatic rings. The molecular formula is C15H30N2O. The molecule has 106 valence electrons. The molecule has 1 fully saturated rings. The molecule has 0 aromatic heterocycles. The number of nitrogens with two attached hydrogens (primary N) is 1. The van der Waals surface area contributed by atoms with E-state index in [9.17, 15) is 4.79 Å². The fraction of sp³-hybridized carbons (Fsp3) is 0.933. The summed E-state index contributed by atoms with van der Waals surface area (Å²) < 4.78 is 0. The van der Waals surface area contributed by atoms with E-state index in [1.54, 1.807) is 0 Å². The number of nitrogens with one attached hydrogen (secondary N) is 1. The van der Waals surface area contributed by atoms with Crippen molar-refractivity contribution in [2.45, 2.75) is 71.3 Å². The Kier molecular flexibility index (Phi) is 6.13. The molecule has 1 aliphatic rings. The highest BCUT2D eigenvalue weighted by Crippen LogP contribution is 2.28. The standard InChI is InChI=1S/C15H30N2O/c1-12(2)9-13(11-16)10-14(18)17-15(3)7-5-4-6-8-15/h12-13H,4-11,16H2,1-3H3,(H,17,18)/t13-/m0/s1. The van der Waals surface area contributed by atoms with Gasteiger partial charge in [-0.05, 0) is 44.6 Å². The summed E-state index contributed by atoms with van der Waals surface area (Å²) in [4.78, 5) is 12.1. The Morgan fingerprint density at radius 3 is 2.39 bits per heavy atom. The molecule has 0 bridgehead atoms. The van der Waals surface area contributed by atoms with Crippen molar-refractivity contribution in [1.29, 1.82) is 0 Å². The van der Waals surface area contributed by atoms with Crippen LogP contribution in [0, 0.1) is 11.8 Å². The normalized spacial score (nSPS) is 20.7. The molecule has 3 heteroatoms. The van der Waals surface area contributed by atoms with Gasteiger partial charge < -0.3 is 11.1 Å². The van der Waals surface area contributed by atoms with Gasteiger partial charge in [-0.15, -0.1) is 0 Å². The summed E-state index contributed by atoms with van der Waals surface area (Å²) in [6, 6.07) is 0. The quantitative estimate of drug-likeness (QED) is 0.766. The van der Waals surface area contributed by atoms with Crippen molar-refractivity contribution in [2.24, 2.45) is 17.6 Å². The van der Waals surface area contributed by atoms with E-state index in [-0.39, 0.29) is 11.4 Å². The van der Waals surface area contributed by atoms with Crippen LogP contribution in [0.15, 0.2) is 0 Å². The highest BCUT2D eigenvalue weighted by atomic mass is 16.1. The van der Waals surface area contributed by atoms with Crippen LogP contribution in [-0.2, 0) is 4.79 Å². The summed E-state index contributed by atoms with van der Waals surface area (Å²) >= 11 is 0. The number of carbonyl (C=O) groups is 1. The first-order chi connectivity index (χ1) is 8.45. The zero-order valence-electron chi connectivity index (χ0n) is 12.3. The third-order valence-electron chi connectivity index (χ3n) is 4.01. The van der Waals surface area contributed by atoms with Crippen molar-refractivity contribution in [3.05, 3.63) is 0 Å². The lowest BCUT2D eigenvalue weighted by atomic mass is 9.83.